The normalized spacial score (nSPS) is 11.6. The summed E-state index contributed by atoms with van der Waals surface area (Å²) in [7, 11) is 0. The smallest absolute Gasteiger partial charge is 0.331 e. The molecule has 0 spiro atoms. The highest BCUT2D eigenvalue weighted by atomic mass is 16.4. The Kier molecular flexibility index (Phi) is 5.65. The molecule has 3 amide bonds. The lowest BCUT2D eigenvalue weighted by Gasteiger charge is -2.08. The van der Waals surface area contributed by atoms with E-state index in [0.717, 1.165) is 5.56 Å². The number of carbonyl (C=O) groups is 3. The molecule has 0 fully saturated rings. The maximum atomic E-state index is 11.6. The molecule has 1 heterocycles. The number of nitrogens with zero attached hydrogens (tertiary/aromatic N) is 2. The fourth-order valence-corrected chi connectivity index (χ4v) is 1.44. The summed E-state index contributed by atoms with van der Waals surface area (Å²) in [5.74, 6) is -1.93. The van der Waals surface area contributed by atoms with Gasteiger partial charge in [0.2, 0.25) is 0 Å². The molecule has 0 saturated heterocycles. The van der Waals surface area contributed by atoms with E-state index < -0.39 is 17.9 Å². The van der Waals surface area contributed by atoms with Gasteiger partial charge >= 0.3 is 12.0 Å². The van der Waals surface area contributed by atoms with Crippen LogP contribution in [0.15, 0.2) is 23.5 Å². The van der Waals surface area contributed by atoms with Crippen LogP contribution in [-0.4, -0.2) is 39.3 Å². The van der Waals surface area contributed by atoms with Crippen LogP contribution >= 0.6 is 0 Å². The Morgan fingerprint density at radius 1 is 1.29 bits per heavy atom. The minimum atomic E-state index is -1.20. The number of hydrogen-bond donors (Lipinski definition) is 3. The van der Waals surface area contributed by atoms with Crippen molar-refractivity contribution < 1.29 is 19.5 Å². The van der Waals surface area contributed by atoms with E-state index in [1.54, 1.807) is 10.9 Å². The summed E-state index contributed by atoms with van der Waals surface area (Å²) in [6.07, 6.45) is 3.53. The van der Waals surface area contributed by atoms with E-state index in [4.69, 9.17) is 5.11 Å². The van der Waals surface area contributed by atoms with Crippen LogP contribution in [-0.2, 0) is 16.1 Å². The molecule has 1 aromatic rings. The zero-order chi connectivity index (χ0) is 16.0. The van der Waals surface area contributed by atoms with E-state index in [1.165, 1.54) is 13.8 Å². The summed E-state index contributed by atoms with van der Waals surface area (Å²) in [6, 6.07) is -0.679. The highest BCUT2D eigenvalue weighted by molar-refractivity contribution is 6.07. The number of carboxylic acid groups (broad SMARTS) is 1. The number of nitrogens with one attached hydrogen (secondary N) is 2. The lowest BCUT2D eigenvalue weighted by molar-refractivity contribution is -0.133. The predicted octanol–water partition coefficient (Wildman–Crippen LogP) is 0.438. The van der Waals surface area contributed by atoms with Crippen molar-refractivity contribution in [2.45, 2.75) is 27.3 Å². The predicted molar refractivity (Wildman–Crippen MR) is 74.5 cm³/mol. The zero-order valence-electron chi connectivity index (χ0n) is 12.1. The van der Waals surface area contributed by atoms with Crippen molar-refractivity contribution in [1.29, 1.82) is 0 Å². The van der Waals surface area contributed by atoms with Gasteiger partial charge in [0, 0.05) is 23.9 Å². The maximum Gasteiger partial charge on any atom is 0.331 e. The van der Waals surface area contributed by atoms with Gasteiger partial charge in [-0.15, -0.1) is 0 Å². The summed E-state index contributed by atoms with van der Waals surface area (Å²) in [6.45, 7) is 5.31. The van der Waals surface area contributed by atoms with Gasteiger partial charge in [-0.2, -0.15) is 5.10 Å². The average Bonchev–Trinajstić information content (AvgIpc) is 2.82. The van der Waals surface area contributed by atoms with E-state index in [0.29, 0.717) is 13.1 Å². The van der Waals surface area contributed by atoms with Gasteiger partial charge in [-0.05, 0) is 26.3 Å². The summed E-state index contributed by atoms with van der Waals surface area (Å²) in [5, 5.41) is 17.4. The van der Waals surface area contributed by atoms with E-state index in [2.05, 4.69) is 15.7 Å². The molecule has 1 aromatic heterocycles. The van der Waals surface area contributed by atoms with Crippen molar-refractivity contribution >= 4 is 17.9 Å². The van der Waals surface area contributed by atoms with Crippen LogP contribution in [0.1, 0.15) is 19.4 Å². The molecule has 0 aromatic carbocycles. The van der Waals surface area contributed by atoms with Crippen molar-refractivity contribution in [3.63, 3.8) is 0 Å². The van der Waals surface area contributed by atoms with Gasteiger partial charge in [0.25, 0.3) is 5.91 Å². The number of aromatic nitrogens is 2. The molecule has 0 bridgehead atoms. The standard InChI is InChI=1S/C13H18N4O4/c1-8-6-15-17(7-8)5-4-14-13(21)16-11(18)9(2)10(3)12(19)20/h6-7H,4-5H2,1-3H3,(H,19,20)(H2,14,16,18,21)/b10-9+. The first-order valence-electron chi connectivity index (χ1n) is 6.30. The summed E-state index contributed by atoms with van der Waals surface area (Å²) >= 11 is 0. The molecular weight excluding hydrogens is 276 g/mol. The molecular formula is C13H18N4O4. The van der Waals surface area contributed by atoms with Gasteiger partial charge in [-0.25, -0.2) is 9.59 Å². The van der Waals surface area contributed by atoms with Gasteiger partial charge < -0.3 is 10.4 Å². The Labute approximate surface area is 121 Å². The van der Waals surface area contributed by atoms with Crippen LogP contribution in [0.4, 0.5) is 4.79 Å². The average molecular weight is 294 g/mol. The van der Waals surface area contributed by atoms with Gasteiger partial charge in [-0.3, -0.25) is 14.8 Å². The molecule has 0 unspecified atom stereocenters. The van der Waals surface area contributed by atoms with E-state index >= 15 is 0 Å². The fourth-order valence-electron chi connectivity index (χ4n) is 1.44. The SMILES string of the molecule is C/C(C(=O)O)=C(/C)C(=O)NC(=O)NCCn1cc(C)cn1. The van der Waals surface area contributed by atoms with E-state index in [-0.39, 0.29) is 11.1 Å². The van der Waals surface area contributed by atoms with Crippen molar-refractivity contribution in [3.05, 3.63) is 29.1 Å². The Balaban J connectivity index is 2.41. The summed E-state index contributed by atoms with van der Waals surface area (Å²) in [4.78, 5) is 33.8. The molecule has 8 nitrogen and oxygen atoms in total. The number of imide groups is 1. The summed E-state index contributed by atoms with van der Waals surface area (Å²) in [5.41, 5.74) is 0.896. The lowest BCUT2D eigenvalue weighted by atomic mass is 10.1. The number of rotatable bonds is 5. The first-order chi connectivity index (χ1) is 9.81. The molecule has 1 rings (SSSR count). The number of carbonyl (C=O) groups excluding carboxylic acids is 2. The van der Waals surface area contributed by atoms with Crippen LogP contribution in [0.3, 0.4) is 0 Å². The van der Waals surface area contributed by atoms with Gasteiger partial charge in [0.15, 0.2) is 0 Å². The minimum Gasteiger partial charge on any atom is -0.478 e. The molecule has 0 saturated carbocycles. The number of aryl methyl sites for hydroxylation is 1. The second kappa shape index (κ2) is 7.22. The molecule has 21 heavy (non-hydrogen) atoms. The van der Waals surface area contributed by atoms with Crippen molar-refractivity contribution in [2.75, 3.05) is 6.54 Å². The molecule has 0 aliphatic carbocycles. The van der Waals surface area contributed by atoms with Crippen molar-refractivity contribution in [2.24, 2.45) is 0 Å². The van der Waals surface area contributed by atoms with Crippen LogP contribution in [0.5, 0.6) is 0 Å². The Bertz CT molecular complexity index is 589. The quantitative estimate of drug-likeness (QED) is 0.682. The van der Waals surface area contributed by atoms with Gasteiger partial charge in [0.1, 0.15) is 0 Å². The molecule has 3 N–H and O–H groups in total. The largest absolute Gasteiger partial charge is 0.478 e. The number of amides is 3. The third kappa shape index (κ3) is 5.09. The molecule has 114 valence electrons. The van der Waals surface area contributed by atoms with Gasteiger partial charge in [-0.1, -0.05) is 0 Å². The van der Waals surface area contributed by atoms with Crippen LogP contribution in [0.25, 0.3) is 0 Å². The highest BCUT2D eigenvalue weighted by Gasteiger charge is 2.14. The lowest BCUT2D eigenvalue weighted by Crippen LogP contribution is -2.41. The Hall–Kier alpha value is -2.64. The third-order valence-corrected chi connectivity index (χ3v) is 2.84. The third-order valence-electron chi connectivity index (χ3n) is 2.84. The van der Waals surface area contributed by atoms with E-state index in [1.807, 2.05) is 13.1 Å². The minimum absolute atomic E-state index is 0.0136. The monoisotopic (exact) mass is 294 g/mol. The summed E-state index contributed by atoms with van der Waals surface area (Å²) < 4.78 is 1.66. The first-order valence-corrected chi connectivity index (χ1v) is 6.30. The van der Waals surface area contributed by atoms with Crippen molar-refractivity contribution in [3.8, 4) is 0 Å². The second-order valence-electron chi connectivity index (χ2n) is 4.55. The molecule has 0 aliphatic rings. The number of hydrogen-bond acceptors (Lipinski definition) is 4. The first kappa shape index (κ1) is 16.4. The highest BCUT2D eigenvalue weighted by Crippen LogP contribution is 2.03. The van der Waals surface area contributed by atoms with Crippen molar-refractivity contribution in [1.82, 2.24) is 20.4 Å². The molecule has 0 radical (unpaired) electrons. The zero-order valence-corrected chi connectivity index (χ0v) is 12.1. The number of urea groups is 1. The van der Waals surface area contributed by atoms with Gasteiger partial charge in [0.05, 0.1) is 12.7 Å². The van der Waals surface area contributed by atoms with Crippen LogP contribution in [0, 0.1) is 6.92 Å². The molecule has 0 aliphatic heterocycles. The Morgan fingerprint density at radius 3 is 2.48 bits per heavy atom. The number of aliphatic carboxylic acids is 1. The second-order valence-corrected chi connectivity index (χ2v) is 4.55. The Morgan fingerprint density at radius 2 is 1.95 bits per heavy atom. The molecule has 8 heteroatoms. The van der Waals surface area contributed by atoms with E-state index in [9.17, 15) is 14.4 Å². The van der Waals surface area contributed by atoms with Crippen LogP contribution < -0.4 is 10.6 Å². The fraction of sp³-hybridized carbons (Fsp3) is 0.385. The topological polar surface area (TPSA) is 113 Å². The molecule has 0 atom stereocenters. The van der Waals surface area contributed by atoms with Crippen LogP contribution in [0.2, 0.25) is 0 Å². The number of carboxylic acids is 1. The maximum absolute atomic E-state index is 11.6.